The lowest BCUT2D eigenvalue weighted by atomic mass is 10.1. The van der Waals surface area contributed by atoms with Gasteiger partial charge in [0.15, 0.2) is 0 Å². The molecule has 1 heterocycles. The fourth-order valence-electron chi connectivity index (χ4n) is 2.11. The Kier molecular flexibility index (Phi) is 4.04. The maximum atomic E-state index is 5.98. The number of nitrogens with one attached hydrogen (secondary N) is 1. The first-order chi connectivity index (χ1) is 8.56. The van der Waals surface area contributed by atoms with Crippen LogP contribution >= 0.6 is 11.6 Å². The molecule has 0 aliphatic heterocycles. The van der Waals surface area contributed by atoms with Crippen molar-refractivity contribution < 1.29 is 0 Å². The lowest BCUT2D eigenvalue weighted by molar-refractivity contribution is 0.392. The molecule has 1 N–H and O–H groups in total. The van der Waals surface area contributed by atoms with Gasteiger partial charge < -0.3 is 10.2 Å². The van der Waals surface area contributed by atoms with E-state index in [1.54, 1.807) is 0 Å². The van der Waals surface area contributed by atoms with Gasteiger partial charge in [0.1, 0.15) is 0 Å². The van der Waals surface area contributed by atoms with Crippen LogP contribution in [0.5, 0.6) is 0 Å². The Bertz CT molecular complexity index is 540. The van der Waals surface area contributed by atoms with E-state index >= 15 is 0 Å². The van der Waals surface area contributed by atoms with Crippen molar-refractivity contribution in [3.63, 3.8) is 0 Å². The van der Waals surface area contributed by atoms with Crippen LogP contribution in [0, 0.1) is 0 Å². The van der Waals surface area contributed by atoms with Crippen molar-refractivity contribution in [2.24, 2.45) is 0 Å². The lowest BCUT2D eigenvalue weighted by Crippen LogP contribution is -2.29. The number of rotatable bonds is 4. The maximum absolute atomic E-state index is 5.98. The van der Waals surface area contributed by atoms with Gasteiger partial charge in [-0.15, -0.1) is 0 Å². The number of pyridine rings is 1. The summed E-state index contributed by atoms with van der Waals surface area (Å²) in [6.07, 6.45) is 1.81. The first-order valence-corrected chi connectivity index (χ1v) is 6.39. The summed E-state index contributed by atoms with van der Waals surface area (Å²) in [5, 5.41) is 5.33. The van der Waals surface area contributed by atoms with E-state index in [2.05, 4.69) is 36.2 Å². The predicted octanol–water partition coefficient (Wildman–Crippen LogP) is 3.25. The number of halogens is 1. The van der Waals surface area contributed by atoms with E-state index in [0.29, 0.717) is 11.1 Å². The Labute approximate surface area is 113 Å². The summed E-state index contributed by atoms with van der Waals surface area (Å²) in [4.78, 5) is 6.50. The number of hydrogen-bond acceptors (Lipinski definition) is 3. The standard InChI is InChI=1S/C14H18ClN3/c1-10(9-18(2)3)17-13-6-7-16-14-8-11(15)4-5-12(13)14/h4-8,10H,9H2,1-3H3,(H,16,17). The van der Waals surface area contributed by atoms with Gasteiger partial charge in [-0.1, -0.05) is 11.6 Å². The van der Waals surface area contributed by atoms with Gasteiger partial charge in [0.25, 0.3) is 0 Å². The van der Waals surface area contributed by atoms with E-state index in [4.69, 9.17) is 11.6 Å². The average molecular weight is 264 g/mol. The van der Waals surface area contributed by atoms with E-state index in [0.717, 1.165) is 23.1 Å². The molecular weight excluding hydrogens is 246 g/mol. The molecule has 0 amide bonds. The fraction of sp³-hybridized carbons (Fsp3) is 0.357. The molecule has 18 heavy (non-hydrogen) atoms. The molecule has 0 bridgehead atoms. The minimum absolute atomic E-state index is 0.376. The first-order valence-electron chi connectivity index (χ1n) is 6.02. The third-order valence-electron chi connectivity index (χ3n) is 2.75. The normalized spacial score (nSPS) is 12.9. The summed E-state index contributed by atoms with van der Waals surface area (Å²) in [6, 6.07) is 8.17. The molecule has 0 aliphatic rings. The number of fused-ring (bicyclic) bond motifs is 1. The highest BCUT2D eigenvalue weighted by Crippen LogP contribution is 2.24. The zero-order valence-corrected chi connectivity index (χ0v) is 11.7. The molecule has 1 aromatic carbocycles. The van der Waals surface area contributed by atoms with Gasteiger partial charge in [-0.3, -0.25) is 4.98 Å². The molecule has 96 valence electrons. The Morgan fingerprint density at radius 1 is 1.33 bits per heavy atom. The molecule has 1 atom stereocenters. The number of nitrogens with zero attached hydrogens (tertiary/aromatic N) is 2. The van der Waals surface area contributed by atoms with Crippen LogP contribution in [0.4, 0.5) is 5.69 Å². The minimum Gasteiger partial charge on any atom is -0.381 e. The van der Waals surface area contributed by atoms with Crippen LogP contribution in [-0.4, -0.2) is 36.6 Å². The van der Waals surface area contributed by atoms with E-state index in [1.807, 2.05) is 30.5 Å². The van der Waals surface area contributed by atoms with E-state index < -0.39 is 0 Å². The molecule has 0 aliphatic carbocycles. The second-order valence-electron chi connectivity index (χ2n) is 4.83. The van der Waals surface area contributed by atoms with Crippen molar-refractivity contribution in [1.29, 1.82) is 0 Å². The molecule has 1 aromatic heterocycles. The Morgan fingerprint density at radius 2 is 2.11 bits per heavy atom. The Hall–Kier alpha value is -1.32. The quantitative estimate of drug-likeness (QED) is 0.918. The van der Waals surface area contributed by atoms with E-state index in [1.165, 1.54) is 0 Å². The molecule has 2 aromatic rings. The summed E-state index contributed by atoms with van der Waals surface area (Å²) in [5.74, 6) is 0. The summed E-state index contributed by atoms with van der Waals surface area (Å²) < 4.78 is 0. The monoisotopic (exact) mass is 263 g/mol. The first kappa shape index (κ1) is 13.1. The largest absolute Gasteiger partial charge is 0.381 e. The molecule has 0 saturated heterocycles. The highest BCUT2D eigenvalue weighted by atomic mass is 35.5. The molecule has 0 fully saturated rings. The van der Waals surface area contributed by atoms with Gasteiger partial charge in [0, 0.05) is 34.9 Å². The van der Waals surface area contributed by atoms with Gasteiger partial charge in [-0.2, -0.15) is 0 Å². The summed E-state index contributed by atoms with van der Waals surface area (Å²) >= 11 is 5.98. The van der Waals surface area contributed by atoms with E-state index in [-0.39, 0.29) is 0 Å². The van der Waals surface area contributed by atoms with Gasteiger partial charge in [0.05, 0.1) is 5.52 Å². The third-order valence-corrected chi connectivity index (χ3v) is 2.98. The molecule has 0 radical (unpaired) electrons. The Balaban J connectivity index is 2.28. The van der Waals surface area contributed by atoms with Crippen LogP contribution in [-0.2, 0) is 0 Å². The van der Waals surface area contributed by atoms with Crippen molar-refractivity contribution in [1.82, 2.24) is 9.88 Å². The SMILES string of the molecule is CC(CN(C)C)Nc1ccnc2cc(Cl)ccc12. The van der Waals surface area contributed by atoms with Crippen LogP contribution in [0.3, 0.4) is 0 Å². The van der Waals surface area contributed by atoms with Gasteiger partial charge in [-0.25, -0.2) is 0 Å². The second kappa shape index (κ2) is 5.55. The van der Waals surface area contributed by atoms with Crippen molar-refractivity contribution in [2.45, 2.75) is 13.0 Å². The fourth-order valence-corrected chi connectivity index (χ4v) is 2.27. The molecule has 1 unspecified atom stereocenters. The molecule has 2 rings (SSSR count). The number of anilines is 1. The van der Waals surface area contributed by atoms with Crippen LogP contribution in [0.25, 0.3) is 10.9 Å². The molecule has 0 spiro atoms. The van der Waals surface area contributed by atoms with Crippen LogP contribution < -0.4 is 5.32 Å². The van der Waals surface area contributed by atoms with E-state index in [9.17, 15) is 0 Å². The van der Waals surface area contributed by atoms with Crippen LogP contribution in [0.1, 0.15) is 6.92 Å². The number of hydrogen-bond donors (Lipinski definition) is 1. The third kappa shape index (κ3) is 3.12. The van der Waals surface area contributed by atoms with Crippen molar-refractivity contribution in [2.75, 3.05) is 26.0 Å². The second-order valence-corrected chi connectivity index (χ2v) is 5.26. The highest BCUT2D eigenvalue weighted by Gasteiger charge is 2.07. The number of benzene rings is 1. The molecule has 0 saturated carbocycles. The van der Waals surface area contributed by atoms with Gasteiger partial charge in [0.2, 0.25) is 0 Å². The van der Waals surface area contributed by atoms with Gasteiger partial charge in [-0.05, 0) is 45.3 Å². The van der Waals surface area contributed by atoms with Crippen LogP contribution in [0.2, 0.25) is 5.02 Å². The summed E-state index contributed by atoms with van der Waals surface area (Å²) in [5.41, 5.74) is 2.02. The molecule has 4 heteroatoms. The maximum Gasteiger partial charge on any atom is 0.0737 e. The van der Waals surface area contributed by atoms with Crippen molar-refractivity contribution >= 4 is 28.2 Å². The van der Waals surface area contributed by atoms with Crippen LogP contribution in [0.15, 0.2) is 30.5 Å². The Morgan fingerprint density at radius 3 is 2.83 bits per heavy atom. The van der Waals surface area contributed by atoms with Gasteiger partial charge >= 0.3 is 0 Å². The highest BCUT2D eigenvalue weighted by molar-refractivity contribution is 6.31. The number of aromatic nitrogens is 1. The van der Waals surface area contributed by atoms with Crippen molar-refractivity contribution in [3.8, 4) is 0 Å². The summed E-state index contributed by atoms with van der Waals surface area (Å²) in [6.45, 7) is 3.15. The molecule has 3 nitrogen and oxygen atoms in total. The topological polar surface area (TPSA) is 28.2 Å². The average Bonchev–Trinajstić information content (AvgIpc) is 2.27. The zero-order chi connectivity index (χ0) is 13.1. The zero-order valence-electron chi connectivity index (χ0n) is 10.9. The smallest absolute Gasteiger partial charge is 0.0737 e. The van der Waals surface area contributed by atoms with Crippen molar-refractivity contribution in [3.05, 3.63) is 35.5 Å². The molecular formula is C14H18ClN3. The predicted molar refractivity (Wildman–Crippen MR) is 78.4 cm³/mol. The summed E-state index contributed by atoms with van der Waals surface area (Å²) in [7, 11) is 4.14. The lowest BCUT2D eigenvalue weighted by Gasteiger charge is -2.20. The number of likely N-dealkylation sites (N-methyl/N-ethyl adjacent to an activating group) is 1. The minimum atomic E-state index is 0.376.